The molecule has 0 atom stereocenters. The number of carbonyl (C=O) groups is 1. The average molecular weight is 325 g/mol. The van der Waals surface area contributed by atoms with Crippen LogP contribution in [0.4, 0.5) is 0 Å². The maximum Gasteiger partial charge on any atom is 0.354 e. The summed E-state index contributed by atoms with van der Waals surface area (Å²) < 4.78 is 5.92. The van der Waals surface area contributed by atoms with E-state index in [1.54, 1.807) is 18.2 Å². The molecular weight excluding hydrogens is 316 g/mol. The highest BCUT2D eigenvalue weighted by molar-refractivity contribution is 9.10. The number of benzene rings is 1. The molecule has 0 fully saturated rings. The number of aromatic nitrogens is 2. The highest BCUT2D eigenvalue weighted by atomic mass is 79.9. The largest absolute Gasteiger partial charge is 0.496 e. The van der Waals surface area contributed by atoms with Crippen molar-refractivity contribution in [3.8, 4) is 17.1 Å². The van der Waals surface area contributed by atoms with Gasteiger partial charge in [-0.05, 0) is 18.2 Å². The lowest BCUT2D eigenvalue weighted by molar-refractivity contribution is 0.0690. The van der Waals surface area contributed by atoms with Gasteiger partial charge in [-0.25, -0.2) is 9.78 Å². The molecule has 2 N–H and O–H groups in total. The molecule has 0 spiro atoms. The summed E-state index contributed by atoms with van der Waals surface area (Å²) in [6, 6.07) is 6.06. The number of aromatic amines is 1. The Hall–Kier alpha value is -2.15. The molecule has 2 rings (SSSR count). The van der Waals surface area contributed by atoms with Crippen LogP contribution in [0.2, 0.25) is 0 Å². The third-order valence-electron chi connectivity index (χ3n) is 2.38. The maximum atomic E-state index is 11.5. The highest BCUT2D eigenvalue weighted by Gasteiger charge is 2.13. The summed E-state index contributed by atoms with van der Waals surface area (Å²) in [5.41, 5.74) is -0.359. The van der Waals surface area contributed by atoms with E-state index in [2.05, 4.69) is 25.9 Å². The SMILES string of the molecule is COc1ccc(Br)cc1-c1nc(C(=O)O)cc(=O)[nH]1. The van der Waals surface area contributed by atoms with E-state index in [1.807, 2.05) is 0 Å². The lowest BCUT2D eigenvalue weighted by Crippen LogP contribution is -2.13. The monoisotopic (exact) mass is 324 g/mol. The van der Waals surface area contributed by atoms with Crippen LogP contribution in [0.25, 0.3) is 11.4 Å². The summed E-state index contributed by atoms with van der Waals surface area (Å²) in [6.07, 6.45) is 0. The number of aromatic carboxylic acids is 1. The maximum absolute atomic E-state index is 11.5. The number of carboxylic acids is 1. The molecule has 1 heterocycles. The molecule has 1 aromatic carbocycles. The Morgan fingerprint density at radius 3 is 2.79 bits per heavy atom. The summed E-state index contributed by atoms with van der Waals surface area (Å²) >= 11 is 3.30. The van der Waals surface area contributed by atoms with Crippen LogP contribution in [0.15, 0.2) is 33.5 Å². The molecule has 0 amide bonds. The van der Waals surface area contributed by atoms with E-state index < -0.39 is 11.5 Å². The van der Waals surface area contributed by atoms with Crippen molar-refractivity contribution in [2.24, 2.45) is 0 Å². The summed E-state index contributed by atoms with van der Waals surface area (Å²) in [5.74, 6) is -0.641. The Bertz CT molecular complexity index is 696. The normalized spacial score (nSPS) is 10.2. The zero-order chi connectivity index (χ0) is 14.0. The Balaban J connectivity index is 2.68. The Labute approximate surface area is 116 Å². The molecule has 0 aliphatic carbocycles. The minimum atomic E-state index is -1.26. The van der Waals surface area contributed by atoms with Gasteiger partial charge >= 0.3 is 5.97 Å². The fourth-order valence-electron chi connectivity index (χ4n) is 1.56. The molecule has 0 bridgehead atoms. The second kappa shape index (κ2) is 5.23. The van der Waals surface area contributed by atoms with Crippen molar-refractivity contribution in [2.75, 3.05) is 7.11 Å². The molecule has 0 saturated heterocycles. The summed E-state index contributed by atoms with van der Waals surface area (Å²) in [7, 11) is 1.48. The fourth-order valence-corrected chi connectivity index (χ4v) is 1.92. The van der Waals surface area contributed by atoms with Crippen LogP contribution in [0, 0.1) is 0 Å². The van der Waals surface area contributed by atoms with Crippen LogP contribution in [0.5, 0.6) is 5.75 Å². The van der Waals surface area contributed by atoms with Gasteiger partial charge in [-0.3, -0.25) is 4.79 Å². The lowest BCUT2D eigenvalue weighted by Gasteiger charge is -2.08. The lowest BCUT2D eigenvalue weighted by atomic mass is 10.2. The molecule has 2 aromatic rings. The van der Waals surface area contributed by atoms with Gasteiger partial charge in [-0.15, -0.1) is 0 Å². The number of halogens is 1. The average Bonchev–Trinajstić information content (AvgIpc) is 2.37. The van der Waals surface area contributed by atoms with Gasteiger partial charge in [0, 0.05) is 10.5 Å². The number of nitrogens with one attached hydrogen (secondary N) is 1. The van der Waals surface area contributed by atoms with Gasteiger partial charge in [0.1, 0.15) is 11.6 Å². The predicted molar refractivity (Wildman–Crippen MR) is 71.5 cm³/mol. The van der Waals surface area contributed by atoms with Crippen LogP contribution in [0.1, 0.15) is 10.5 Å². The van der Waals surface area contributed by atoms with Gasteiger partial charge in [0.05, 0.1) is 12.7 Å². The van der Waals surface area contributed by atoms with Gasteiger partial charge in [0.2, 0.25) is 0 Å². The first-order chi connectivity index (χ1) is 9.01. The van der Waals surface area contributed by atoms with E-state index in [0.29, 0.717) is 11.3 Å². The number of hydrogen-bond donors (Lipinski definition) is 2. The first-order valence-corrected chi connectivity index (χ1v) is 5.99. The van der Waals surface area contributed by atoms with E-state index in [9.17, 15) is 9.59 Å². The van der Waals surface area contributed by atoms with Gasteiger partial charge in [0.25, 0.3) is 5.56 Å². The summed E-state index contributed by atoms with van der Waals surface area (Å²) in [4.78, 5) is 28.8. The summed E-state index contributed by atoms with van der Waals surface area (Å²) in [6.45, 7) is 0. The quantitative estimate of drug-likeness (QED) is 0.899. The van der Waals surface area contributed by atoms with Crippen molar-refractivity contribution >= 4 is 21.9 Å². The standard InChI is InChI=1S/C12H9BrN2O4/c1-19-9-3-2-6(13)4-7(9)11-14-8(12(17)18)5-10(16)15-11/h2-5H,1H3,(H,17,18)(H,14,15,16). The summed E-state index contributed by atoms with van der Waals surface area (Å²) in [5, 5.41) is 8.91. The third kappa shape index (κ3) is 2.82. The van der Waals surface area contributed by atoms with Gasteiger partial charge in [-0.2, -0.15) is 0 Å². The number of hydrogen-bond acceptors (Lipinski definition) is 4. The highest BCUT2D eigenvalue weighted by Crippen LogP contribution is 2.29. The van der Waals surface area contributed by atoms with Crippen molar-refractivity contribution in [3.63, 3.8) is 0 Å². The van der Waals surface area contributed by atoms with E-state index in [0.717, 1.165) is 10.5 Å². The molecule has 0 unspecified atom stereocenters. The van der Waals surface area contributed by atoms with Crippen molar-refractivity contribution in [3.05, 3.63) is 44.8 Å². The zero-order valence-corrected chi connectivity index (χ0v) is 11.4. The molecule has 7 heteroatoms. The second-order valence-corrected chi connectivity index (χ2v) is 4.54. The van der Waals surface area contributed by atoms with Crippen molar-refractivity contribution < 1.29 is 14.6 Å². The molecule has 1 aromatic heterocycles. The number of ether oxygens (including phenoxy) is 1. The van der Waals surface area contributed by atoms with E-state index >= 15 is 0 Å². The molecule has 0 aliphatic heterocycles. The van der Waals surface area contributed by atoms with Crippen LogP contribution >= 0.6 is 15.9 Å². The molecule has 0 saturated carbocycles. The van der Waals surface area contributed by atoms with E-state index in [-0.39, 0.29) is 11.5 Å². The number of methoxy groups -OCH3 is 1. The zero-order valence-electron chi connectivity index (χ0n) is 9.81. The van der Waals surface area contributed by atoms with Crippen molar-refractivity contribution in [2.45, 2.75) is 0 Å². The van der Waals surface area contributed by atoms with Crippen LogP contribution < -0.4 is 10.3 Å². The Morgan fingerprint density at radius 1 is 1.42 bits per heavy atom. The van der Waals surface area contributed by atoms with Gasteiger partial charge < -0.3 is 14.8 Å². The molecule has 0 aliphatic rings. The van der Waals surface area contributed by atoms with Crippen LogP contribution in [0.3, 0.4) is 0 Å². The Kier molecular flexibility index (Phi) is 3.66. The smallest absolute Gasteiger partial charge is 0.354 e. The van der Waals surface area contributed by atoms with Gasteiger partial charge in [0.15, 0.2) is 5.69 Å². The van der Waals surface area contributed by atoms with Crippen LogP contribution in [-0.2, 0) is 0 Å². The predicted octanol–water partition coefficient (Wildman–Crippen LogP) is 1.91. The Morgan fingerprint density at radius 2 is 2.16 bits per heavy atom. The molecule has 98 valence electrons. The number of carboxylic acid groups (broad SMARTS) is 1. The molecule has 19 heavy (non-hydrogen) atoms. The topological polar surface area (TPSA) is 92.3 Å². The van der Waals surface area contributed by atoms with Crippen molar-refractivity contribution in [1.29, 1.82) is 0 Å². The third-order valence-corrected chi connectivity index (χ3v) is 2.87. The minimum Gasteiger partial charge on any atom is -0.496 e. The fraction of sp³-hybridized carbons (Fsp3) is 0.0833. The minimum absolute atomic E-state index is 0.142. The second-order valence-electron chi connectivity index (χ2n) is 3.63. The van der Waals surface area contributed by atoms with E-state index in [1.165, 1.54) is 7.11 Å². The first-order valence-electron chi connectivity index (χ1n) is 5.20. The molecule has 0 radical (unpaired) electrons. The first kappa shape index (κ1) is 13.3. The number of nitrogens with zero attached hydrogens (tertiary/aromatic N) is 1. The number of H-pyrrole nitrogens is 1. The molecule has 6 nitrogen and oxygen atoms in total. The van der Waals surface area contributed by atoms with Gasteiger partial charge in [-0.1, -0.05) is 15.9 Å². The van der Waals surface area contributed by atoms with Crippen molar-refractivity contribution in [1.82, 2.24) is 9.97 Å². The number of rotatable bonds is 3. The van der Waals surface area contributed by atoms with E-state index in [4.69, 9.17) is 9.84 Å². The molecular formula is C12H9BrN2O4. The van der Waals surface area contributed by atoms with Crippen LogP contribution in [-0.4, -0.2) is 28.2 Å².